The number of thiophene rings is 1. The van der Waals surface area contributed by atoms with Gasteiger partial charge in [-0.2, -0.15) is 0 Å². The number of nitrogens with zero attached hydrogens (tertiary/aromatic N) is 3. The van der Waals surface area contributed by atoms with Crippen LogP contribution in [0.2, 0.25) is 0 Å². The number of rotatable bonds is 7. The Morgan fingerprint density at radius 3 is 2.69 bits per heavy atom. The van der Waals surface area contributed by atoms with E-state index in [4.69, 9.17) is 5.73 Å². The highest BCUT2D eigenvalue weighted by molar-refractivity contribution is 7.12. The number of carbonyl (C=O) groups is 3. The van der Waals surface area contributed by atoms with Crippen LogP contribution in [-0.4, -0.2) is 34.3 Å². The van der Waals surface area contributed by atoms with E-state index < -0.39 is 5.91 Å². The maximum atomic E-state index is 13.0. The molecule has 0 radical (unpaired) electrons. The molecule has 4 rings (SSSR count). The van der Waals surface area contributed by atoms with Crippen LogP contribution < -0.4 is 16.0 Å². The summed E-state index contributed by atoms with van der Waals surface area (Å²) in [6.45, 7) is 0.273. The summed E-state index contributed by atoms with van der Waals surface area (Å²) in [7, 11) is 1.79. The molecule has 0 aliphatic heterocycles. The topological polar surface area (TPSA) is 110 Å². The van der Waals surface area contributed by atoms with Gasteiger partial charge in [0.25, 0.3) is 5.91 Å². The van der Waals surface area contributed by atoms with Gasteiger partial charge in [-0.1, -0.05) is 25.3 Å². The van der Waals surface area contributed by atoms with E-state index in [1.54, 1.807) is 28.6 Å². The van der Waals surface area contributed by atoms with Crippen molar-refractivity contribution < 1.29 is 14.4 Å². The number of anilines is 2. The van der Waals surface area contributed by atoms with Crippen molar-refractivity contribution in [3.63, 3.8) is 0 Å². The van der Waals surface area contributed by atoms with Gasteiger partial charge < -0.3 is 15.2 Å². The molecule has 8 nitrogen and oxygen atoms in total. The lowest BCUT2D eigenvalue weighted by atomic mass is 9.88. The second-order valence-corrected chi connectivity index (χ2v) is 9.09. The number of primary amides is 1. The summed E-state index contributed by atoms with van der Waals surface area (Å²) in [6, 6.07) is 9.11. The number of aromatic nitrogens is 2. The SMILES string of the molecule is CN(C(=O)C1CCCCC1)c1ccc2nc(NC(=O)c3cccs3)n(CCC(N)=O)c2c1. The molecule has 3 amide bonds. The number of nitrogens with two attached hydrogens (primary N) is 1. The highest BCUT2D eigenvalue weighted by Crippen LogP contribution is 2.30. The van der Waals surface area contributed by atoms with Crippen molar-refractivity contribution in [2.45, 2.75) is 45.1 Å². The van der Waals surface area contributed by atoms with Crippen LogP contribution >= 0.6 is 11.3 Å². The number of imidazole rings is 1. The number of nitrogens with one attached hydrogen (secondary N) is 1. The molecule has 1 aromatic carbocycles. The Labute approximate surface area is 190 Å². The largest absolute Gasteiger partial charge is 0.370 e. The molecule has 0 bridgehead atoms. The van der Waals surface area contributed by atoms with E-state index in [1.807, 2.05) is 23.6 Å². The van der Waals surface area contributed by atoms with Crippen LogP contribution in [0.3, 0.4) is 0 Å². The molecule has 2 aromatic heterocycles. The van der Waals surface area contributed by atoms with E-state index in [0.717, 1.165) is 36.9 Å². The van der Waals surface area contributed by atoms with Gasteiger partial charge in [0, 0.05) is 31.6 Å². The molecule has 168 valence electrons. The van der Waals surface area contributed by atoms with Crippen LogP contribution in [-0.2, 0) is 16.1 Å². The summed E-state index contributed by atoms with van der Waals surface area (Å²) in [4.78, 5) is 43.8. The lowest BCUT2D eigenvalue weighted by Gasteiger charge is -2.26. The normalized spacial score (nSPS) is 14.4. The molecule has 32 heavy (non-hydrogen) atoms. The van der Waals surface area contributed by atoms with Gasteiger partial charge in [0.15, 0.2) is 0 Å². The molecule has 2 heterocycles. The Bertz CT molecular complexity index is 1130. The molecule has 1 fully saturated rings. The number of hydrogen-bond acceptors (Lipinski definition) is 5. The van der Waals surface area contributed by atoms with Crippen molar-refractivity contribution in [1.82, 2.24) is 9.55 Å². The first-order chi connectivity index (χ1) is 15.4. The molecule has 0 unspecified atom stereocenters. The van der Waals surface area contributed by atoms with Gasteiger partial charge in [0.05, 0.1) is 15.9 Å². The second kappa shape index (κ2) is 9.52. The molecule has 1 aliphatic rings. The quantitative estimate of drug-likeness (QED) is 0.567. The third kappa shape index (κ3) is 4.67. The standard InChI is InChI=1S/C23H27N5O3S/c1-27(22(31)15-6-3-2-4-7-15)16-9-10-17-18(14-16)28(12-11-20(24)29)23(25-17)26-21(30)19-8-5-13-32-19/h5,8-10,13-15H,2-4,6-7,11-12H2,1H3,(H2,24,29)(H,25,26,30). The summed E-state index contributed by atoms with van der Waals surface area (Å²) in [5.74, 6) is -0.176. The summed E-state index contributed by atoms with van der Waals surface area (Å²) >= 11 is 1.34. The maximum absolute atomic E-state index is 13.0. The van der Waals surface area contributed by atoms with Crippen molar-refractivity contribution in [2.24, 2.45) is 11.7 Å². The number of amides is 3. The Kier molecular flexibility index (Phi) is 6.55. The van der Waals surface area contributed by atoms with Crippen molar-refractivity contribution in [1.29, 1.82) is 0 Å². The summed E-state index contributed by atoms with van der Waals surface area (Å²) in [6.07, 6.45) is 5.35. The average molecular weight is 454 g/mol. The molecule has 9 heteroatoms. The predicted molar refractivity (Wildman–Crippen MR) is 126 cm³/mol. The zero-order chi connectivity index (χ0) is 22.7. The molecule has 1 aliphatic carbocycles. The van der Waals surface area contributed by atoms with E-state index in [2.05, 4.69) is 10.3 Å². The summed E-state index contributed by atoms with van der Waals surface area (Å²) in [5.41, 5.74) is 7.52. The first kappa shape index (κ1) is 22.0. The first-order valence-corrected chi connectivity index (χ1v) is 11.7. The molecule has 0 saturated heterocycles. The molecular weight excluding hydrogens is 426 g/mol. The summed E-state index contributed by atoms with van der Waals surface area (Å²) < 4.78 is 1.77. The van der Waals surface area contributed by atoms with Gasteiger partial charge in [-0.3, -0.25) is 19.7 Å². The van der Waals surface area contributed by atoms with E-state index in [0.29, 0.717) is 16.3 Å². The highest BCUT2D eigenvalue weighted by atomic mass is 32.1. The van der Waals surface area contributed by atoms with Crippen molar-refractivity contribution in [2.75, 3.05) is 17.3 Å². The summed E-state index contributed by atoms with van der Waals surface area (Å²) in [5, 5.41) is 4.67. The van der Waals surface area contributed by atoms with Gasteiger partial charge in [0.2, 0.25) is 17.8 Å². The Morgan fingerprint density at radius 1 is 1.22 bits per heavy atom. The Hall–Kier alpha value is -3.20. The fraction of sp³-hybridized carbons (Fsp3) is 0.391. The molecular formula is C23H27N5O3S. The van der Waals surface area contributed by atoms with E-state index in [9.17, 15) is 14.4 Å². The fourth-order valence-corrected chi connectivity index (χ4v) is 4.80. The lowest BCUT2D eigenvalue weighted by molar-refractivity contribution is -0.123. The van der Waals surface area contributed by atoms with Crippen LogP contribution in [0.1, 0.15) is 48.2 Å². The van der Waals surface area contributed by atoms with E-state index >= 15 is 0 Å². The maximum Gasteiger partial charge on any atom is 0.268 e. The van der Waals surface area contributed by atoms with Gasteiger partial charge in [-0.15, -0.1) is 11.3 Å². The van der Waals surface area contributed by atoms with Crippen LogP contribution in [0, 0.1) is 5.92 Å². The number of fused-ring (bicyclic) bond motifs is 1. The minimum absolute atomic E-state index is 0.0601. The average Bonchev–Trinajstić information content (AvgIpc) is 3.45. The minimum Gasteiger partial charge on any atom is -0.370 e. The van der Waals surface area contributed by atoms with Crippen molar-refractivity contribution in [3.8, 4) is 0 Å². The number of hydrogen-bond donors (Lipinski definition) is 2. The van der Waals surface area contributed by atoms with Gasteiger partial charge in [-0.25, -0.2) is 4.98 Å². The van der Waals surface area contributed by atoms with Crippen LogP contribution in [0.5, 0.6) is 0 Å². The minimum atomic E-state index is -0.442. The van der Waals surface area contributed by atoms with Crippen molar-refractivity contribution >= 4 is 51.7 Å². The smallest absolute Gasteiger partial charge is 0.268 e. The van der Waals surface area contributed by atoms with E-state index in [1.165, 1.54) is 17.8 Å². The zero-order valence-corrected chi connectivity index (χ0v) is 18.9. The monoisotopic (exact) mass is 453 g/mol. The van der Waals surface area contributed by atoms with Gasteiger partial charge >= 0.3 is 0 Å². The predicted octanol–water partition coefficient (Wildman–Crippen LogP) is 3.77. The second-order valence-electron chi connectivity index (χ2n) is 8.14. The highest BCUT2D eigenvalue weighted by Gasteiger charge is 2.25. The van der Waals surface area contributed by atoms with Crippen LogP contribution in [0.4, 0.5) is 11.6 Å². The molecule has 1 saturated carbocycles. The molecule has 3 N–H and O–H groups in total. The Morgan fingerprint density at radius 2 is 2.00 bits per heavy atom. The third-order valence-electron chi connectivity index (χ3n) is 5.96. The molecule has 0 atom stereocenters. The van der Waals surface area contributed by atoms with Gasteiger partial charge in [0.1, 0.15) is 0 Å². The molecule has 0 spiro atoms. The first-order valence-electron chi connectivity index (χ1n) is 10.8. The van der Waals surface area contributed by atoms with Crippen LogP contribution in [0.25, 0.3) is 11.0 Å². The third-order valence-corrected chi connectivity index (χ3v) is 6.82. The van der Waals surface area contributed by atoms with Crippen molar-refractivity contribution in [3.05, 3.63) is 40.6 Å². The van der Waals surface area contributed by atoms with Crippen LogP contribution in [0.15, 0.2) is 35.7 Å². The lowest BCUT2D eigenvalue weighted by Crippen LogP contribution is -2.33. The number of carbonyl (C=O) groups excluding carboxylic acids is 3. The Balaban J connectivity index is 1.65. The number of benzene rings is 1. The molecule has 3 aromatic rings. The van der Waals surface area contributed by atoms with E-state index in [-0.39, 0.29) is 30.7 Å². The zero-order valence-electron chi connectivity index (χ0n) is 18.0. The fourth-order valence-electron chi connectivity index (χ4n) is 4.19. The van der Waals surface area contributed by atoms with Gasteiger partial charge in [-0.05, 0) is 42.5 Å². The number of aryl methyl sites for hydroxylation is 1.